The Morgan fingerprint density at radius 2 is 1.96 bits per heavy atom. The van der Waals surface area contributed by atoms with E-state index in [4.69, 9.17) is 9.97 Å². The first-order chi connectivity index (χ1) is 11.1. The van der Waals surface area contributed by atoms with Crippen LogP contribution in [0.1, 0.15) is 30.5 Å². The van der Waals surface area contributed by atoms with E-state index >= 15 is 0 Å². The van der Waals surface area contributed by atoms with Crippen LogP contribution in [0.4, 0.5) is 11.8 Å². The number of rotatable bonds is 4. The van der Waals surface area contributed by atoms with E-state index < -0.39 is 0 Å². The van der Waals surface area contributed by atoms with E-state index in [9.17, 15) is 5.11 Å². The zero-order valence-electron chi connectivity index (χ0n) is 14.6. The summed E-state index contributed by atoms with van der Waals surface area (Å²) < 4.78 is 0. The van der Waals surface area contributed by atoms with Gasteiger partial charge in [-0.05, 0) is 39.2 Å². The van der Waals surface area contributed by atoms with Crippen molar-refractivity contribution in [1.82, 2.24) is 14.9 Å². The molecule has 1 fully saturated rings. The van der Waals surface area contributed by atoms with Crippen molar-refractivity contribution in [2.24, 2.45) is 0 Å². The number of fused-ring (bicyclic) bond motifs is 1. The van der Waals surface area contributed by atoms with Crippen LogP contribution in [0.15, 0.2) is 0 Å². The van der Waals surface area contributed by atoms with E-state index in [0.29, 0.717) is 6.04 Å². The van der Waals surface area contributed by atoms with Crippen molar-refractivity contribution in [3.63, 3.8) is 0 Å². The van der Waals surface area contributed by atoms with Gasteiger partial charge in [-0.2, -0.15) is 4.98 Å². The summed E-state index contributed by atoms with van der Waals surface area (Å²) in [7, 11) is 6.16. The van der Waals surface area contributed by atoms with Gasteiger partial charge in [0.2, 0.25) is 5.95 Å². The lowest BCUT2D eigenvalue weighted by Gasteiger charge is -2.41. The molecular formula is C17H29N5O. The minimum atomic E-state index is 0.244. The monoisotopic (exact) mass is 319 g/mol. The highest BCUT2D eigenvalue weighted by atomic mass is 16.3. The minimum absolute atomic E-state index is 0.244. The van der Waals surface area contributed by atoms with Gasteiger partial charge in [-0.3, -0.25) is 4.90 Å². The van der Waals surface area contributed by atoms with Crippen LogP contribution in [0.3, 0.4) is 0 Å². The second-order valence-corrected chi connectivity index (χ2v) is 6.97. The number of aromatic nitrogens is 2. The number of hydrogen-bond donors (Lipinski definition) is 1. The molecule has 0 unspecified atom stereocenters. The predicted molar refractivity (Wildman–Crippen MR) is 93.3 cm³/mol. The molecule has 128 valence electrons. The molecule has 0 amide bonds. The maximum Gasteiger partial charge on any atom is 0.227 e. The number of aryl methyl sites for hydroxylation is 1. The molecule has 1 N–H and O–H groups in total. The molecule has 1 saturated heterocycles. The van der Waals surface area contributed by atoms with Crippen LogP contribution >= 0.6 is 0 Å². The summed E-state index contributed by atoms with van der Waals surface area (Å²) in [6.07, 6.45) is 5.44. The quantitative estimate of drug-likeness (QED) is 0.891. The highest BCUT2D eigenvalue weighted by Crippen LogP contribution is 2.31. The summed E-state index contributed by atoms with van der Waals surface area (Å²) >= 11 is 0. The van der Waals surface area contributed by atoms with Crippen molar-refractivity contribution in [3.05, 3.63) is 11.3 Å². The fraction of sp³-hybridized carbons (Fsp3) is 0.765. The van der Waals surface area contributed by atoms with Crippen molar-refractivity contribution in [2.45, 2.75) is 38.1 Å². The van der Waals surface area contributed by atoms with E-state index in [-0.39, 0.29) is 6.61 Å². The summed E-state index contributed by atoms with van der Waals surface area (Å²) in [5.41, 5.74) is 2.59. The summed E-state index contributed by atoms with van der Waals surface area (Å²) in [4.78, 5) is 16.4. The molecule has 1 aliphatic carbocycles. The topological polar surface area (TPSA) is 55.7 Å². The van der Waals surface area contributed by atoms with Gasteiger partial charge >= 0.3 is 0 Å². The normalized spacial score (nSPS) is 22.1. The molecule has 6 heteroatoms. The van der Waals surface area contributed by atoms with E-state index in [1.807, 2.05) is 19.0 Å². The van der Waals surface area contributed by atoms with Gasteiger partial charge in [0, 0.05) is 51.9 Å². The third-order valence-corrected chi connectivity index (χ3v) is 5.09. The number of hydrogen-bond acceptors (Lipinski definition) is 6. The Morgan fingerprint density at radius 3 is 2.70 bits per heavy atom. The van der Waals surface area contributed by atoms with Crippen LogP contribution in [0.5, 0.6) is 0 Å². The van der Waals surface area contributed by atoms with Crippen molar-refractivity contribution >= 4 is 11.8 Å². The van der Waals surface area contributed by atoms with E-state index in [2.05, 4.69) is 16.8 Å². The van der Waals surface area contributed by atoms with E-state index in [0.717, 1.165) is 50.7 Å². The maximum absolute atomic E-state index is 9.32. The smallest absolute Gasteiger partial charge is 0.227 e. The second-order valence-electron chi connectivity index (χ2n) is 6.97. The van der Waals surface area contributed by atoms with Crippen LogP contribution < -0.4 is 9.80 Å². The molecule has 0 bridgehead atoms. The standard InChI is InChI=1S/C17H29N5O/c1-20(2)17-18-15-7-5-4-6-14(15)16(19-17)22-10-9-21(3)13(12-22)8-11-23/h13,23H,4-12H2,1-3H3/t13-/m0/s1. The molecule has 0 spiro atoms. The summed E-state index contributed by atoms with van der Waals surface area (Å²) in [5.74, 6) is 1.95. The molecule has 1 aliphatic heterocycles. The molecule has 1 aromatic rings. The Balaban J connectivity index is 1.93. The molecule has 0 aromatic carbocycles. The van der Waals surface area contributed by atoms with Crippen LogP contribution in [0.2, 0.25) is 0 Å². The predicted octanol–water partition coefficient (Wildman–Crippen LogP) is 0.924. The lowest BCUT2D eigenvalue weighted by Crippen LogP contribution is -2.52. The van der Waals surface area contributed by atoms with Gasteiger partial charge in [0.1, 0.15) is 5.82 Å². The highest BCUT2D eigenvalue weighted by Gasteiger charge is 2.28. The average Bonchev–Trinajstić information content (AvgIpc) is 2.56. The summed E-state index contributed by atoms with van der Waals surface area (Å²) in [6, 6.07) is 0.394. The first-order valence-corrected chi connectivity index (χ1v) is 8.73. The Morgan fingerprint density at radius 1 is 1.17 bits per heavy atom. The van der Waals surface area contributed by atoms with Gasteiger partial charge in [-0.25, -0.2) is 4.98 Å². The van der Waals surface area contributed by atoms with E-state index in [1.54, 1.807) is 0 Å². The van der Waals surface area contributed by atoms with Gasteiger partial charge in [0.05, 0.1) is 5.69 Å². The third kappa shape index (κ3) is 3.43. The first-order valence-electron chi connectivity index (χ1n) is 8.73. The van der Waals surface area contributed by atoms with Gasteiger partial charge in [0.15, 0.2) is 0 Å². The number of aliphatic hydroxyl groups is 1. The van der Waals surface area contributed by atoms with Gasteiger partial charge in [-0.1, -0.05) is 0 Å². The molecule has 23 heavy (non-hydrogen) atoms. The third-order valence-electron chi connectivity index (χ3n) is 5.09. The van der Waals surface area contributed by atoms with E-state index in [1.165, 1.54) is 24.1 Å². The van der Waals surface area contributed by atoms with Crippen LogP contribution in [-0.4, -0.2) is 73.4 Å². The SMILES string of the molecule is CN(C)c1nc2c(c(N3CCN(C)[C@@H](CCO)C3)n1)CCCC2. The minimum Gasteiger partial charge on any atom is -0.396 e. The molecular weight excluding hydrogens is 290 g/mol. The largest absolute Gasteiger partial charge is 0.396 e. The first kappa shape index (κ1) is 16.5. The number of anilines is 2. The number of piperazine rings is 1. The highest BCUT2D eigenvalue weighted by molar-refractivity contribution is 5.54. The lowest BCUT2D eigenvalue weighted by molar-refractivity contribution is 0.170. The van der Waals surface area contributed by atoms with Gasteiger partial charge in [0.25, 0.3) is 0 Å². The molecule has 6 nitrogen and oxygen atoms in total. The summed E-state index contributed by atoms with van der Waals surface area (Å²) in [6.45, 7) is 3.19. The molecule has 1 aromatic heterocycles. The fourth-order valence-electron chi connectivity index (χ4n) is 3.62. The average molecular weight is 319 g/mol. The fourth-order valence-corrected chi connectivity index (χ4v) is 3.62. The molecule has 0 saturated carbocycles. The Hall–Kier alpha value is -1.40. The molecule has 2 heterocycles. The maximum atomic E-state index is 9.32. The second kappa shape index (κ2) is 7.01. The molecule has 3 rings (SSSR count). The Bertz CT molecular complexity index is 548. The summed E-state index contributed by atoms with van der Waals surface area (Å²) in [5, 5.41) is 9.32. The van der Waals surface area contributed by atoms with Crippen molar-refractivity contribution in [1.29, 1.82) is 0 Å². The van der Waals surface area contributed by atoms with Crippen LogP contribution in [0.25, 0.3) is 0 Å². The number of nitrogens with zero attached hydrogens (tertiary/aromatic N) is 5. The zero-order chi connectivity index (χ0) is 16.4. The Labute approximate surface area is 139 Å². The zero-order valence-corrected chi connectivity index (χ0v) is 14.6. The lowest BCUT2D eigenvalue weighted by atomic mass is 9.95. The van der Waals surface area contributed by atoms with Crippen LogP contribution in [-0.2, 0) is 12.8 Å². The molecule has 0 radical (unpaired) electrons. The van der Waals surface area contributed by atoms with Crippen LogP contribution in [0, 0.1) is 0 Å². The number of aliphatic hydroxyl groups excluding tert-OH is 1. The van der Waals surface area contributed by atoms with Crippen molar-refractivity contribution < 1.29 is 5.11 Å². The van der Waals surface area contributed by atoms with Gasteiger partial charge < -0.3 is 14.9 Å². The van der Waals surface area contributed by atoms with Crippen molar-refractivity contribution in [2.75, 3.05) is 57.2 Å². The van der Waals surface area contributed by atoms with Crippen molar-refractivity contribution in [3.8, 4) is 0 Å². The number of likely N-dealkylation sites (N-methyl/N-ethyl adjacent to an activating group) is 1. The molecule has 2 aliphatic rings. The Kier molecular flexibility index (Phi) is 5.02. The molecule has 1 atom stereocenters. The van der Waals surface area contributed by atoms with Gasteiger partial charge in [-0.15, -0.1) is 0 Å².